The molecule has 96 valence electrons. The van der Waals surface area contributed by atoms with Gasteiger partial charge in [-0.25, -0.2) is 0 Å². The van der Waals surface area contributed by atoms with E-state index in [2.05, 4.69) is 39.5 Å². The molecule has 2 nitrogen and oxygen atoms in total. The van der Waals surface area contributed by atoms with E-state index < -0.39 is 0 Å². The van der Waals surface area contributed by atoms with E-state index in [0.29, 0.717) is 6.04 Å². The third kappa shape index (κ3) is 4.06. The van der Waals surface area contributed by atoms with E-state index in [0.717, 1.165) is 18.4 Å². The van der Waals surface area contributed by atoms with Crippen molar-refractivity contribution in [3.63, 3.8) is 0 Å². The lowest BCUT2D eigenvalue weighted by atomic mass is 9.84. The Kier molecular flexibility index (Phi) is 4.81. The second-order valence-corrected chi connectivity index (χ2v) is 6.85. The normalized spacial score (nSPS) is 22.7. The number of nitrogens with two attached hydrogens (primary N) is 1. The van der Waals surface area contributed by atoms with Crippen molar-refractivity contribution in [2.24, 2.45) is 23.0 Å². The van der Waals surface area contributed by atoms with Crippen LogP contribution in [0.5, 0.6) is 0 Å². The summed E-state index contributed by atoms with van der Waals surface area (Å²) >= 11 is 0. The van der Waals surface area contributed by atoms with Gasteiger partial charge < -0.3 is 10.6 Å². The molecular formula is C14H30N2. The summed E-state index contributed by atoms with van der Waals surface area (Å²) in [7, 11) is 0. The van der Waals surface area contributed by atoms with Crippen LogP contribution in [-0.4, -0.2) is 30.6 Å². The molecule has 1 aliphatic heterocycles. The predicted octanol–water partition coefficient (Wildman–Crippen LogP) is 2.73. The van der Waals surface area contributed by atoms with Gasteiger partial charge in [-0.15, -0.1) is 0 Å². The van der Waals surface area contributed by atoms with E-state index in [1.54, 1.807) is 0 Å². The van der Waals surface area contributed by atoms with Gasteiger partial charge in [0.2, 0.25) is 0 Å². The second-order valence-electron chi connectivity index (χ2n) is 6.85. The summed E-state index contributed by atoms with van der Waals surface area (Å²) < 4.78 is 0. The van der Waals surface area contributed by atoms with E-state index in [9.17, 15) is 0 Å². The molecule has 1 rings (SSSR count). The molecule has 0 aromatic carbocycles. The number of hydrogen-bond acceptors (Lipinski definition) is 2. The average molecular weight is 226 g/mol. The SMILES string of the molecule is CC(C)C1CCN(CC(N)C(C)(C)C)CC1. The highest BCUT2D eigenvalue weighted by atomic mass is 15.1. The Balaban J connectivity index is 2.32. The Morgan fingerprint density at radius 3 is 2.06 bits per heavy atom. The fourth-order valence-corrected chi connectivity index (χ4v) is 2.35. The van der Waals surface area contributed by atoms with Gasteiger partial charge in [0, 0.05) is 12.6 Å². The van der Waals surface area contributed by atoms with Crippen LogP contribution in [0.25, 0.3) is 0 Å². The molecule has 1 atom stereocenters. The first-order chi connectivity index (χ1) is 7.30. The first-order valence-electron chi connectivity index (χ1n) is 6.78. The van der Waals surface area contributed by atoms with Gasteiger partial charge in [0.25, 0.3) is 0 Å². The van der Waals surface area contributed by atoms with Gasteiger partial charge >= 0.3 is 0 Å². The second kappa shape index (κ2) is 5.50. The van der Waals surface area contributed by atoms with Crippen LogP contribution in [0.15, 0.2) is 0 Å². The number of rotatable bonds is 3. The molecule has 1 aliphatic rings. The van der Waals surface area contributed by atoms with E-state index in [4.69, 9.17) is 5.73 Å². The van der Waals surface area contributed by atoms with Crippen LogP contribution in [-0.2, 0) is 0 Å². The quantitative estimate of drug-likeness (QED) is 0.802. The van der Waals surface area contributed by atoms with Gasteiger partial charge in [0.05, 0.1) is 0 Å². The molecule has 0 aromatic rings. The summed E-state index contributed by atoms with van der Waals surface area (Å²) in [5.41, 5.74) is 6.47. The van der Waals surface area contributed by atoms with Crippen molar-refractivity contribution in [2.75, 3.05) is 19.6 Å². The Morgan fingerprint density at radius 1 is 1.19 bits per heavy atom. The minimum Gasteiger partial charge on any atom is -0.326 e. The van der Waals surface area contributed by atoms with E-state index in [1.165, 1.54) is 25.9 Å². The highest BCUT2D eigenvalue weighted by Gasteiger charge is 2.26. The molecule has 1 saturated heterocycles. The van der Waals surface area contributed by atoms with Crippen LogP contribution in [0.2, 0.25) is 0 Å². The van der Waals surface area contributed by atoms with E-state index in [-0.39, 0.29) is 5.41 Å². The maximum atomic E-state index is 6.23. The van der Waals surface area contributed by atoms with Crippen molar-refractivity contribution < 1.29 is 0 Å². The van der Waals surface area contributed by atoms with Crippen molar-refractivity contribution in [1.29, 1.82) is 0 Å². The Bertz CT molecular complexity index is 197. The zero-order valence-corrected chi connectivity index (χ0v) is 11.8. The molecule has 16 heavy (non-hydrogen) atoms. The van der Waals surface area contributed by atoms with Crippen LogP contribution >= 0.6 is 0 Å². The van der Waals surface area contributed by atoms with Crippen LogP contribution in [0.4, 0.5) is 0 Å². The molecule has 2 heteroatoms. The topological polar surface area (TPSA) is 29.3 Å². The first-order valence-corrected chi connectivity index (χ1v) is 6.78. The van der Waals surface area contributed by atoms with E-state index in [1.807, 2.05) is 0 Å². The van der Waals surface area contributed by atoms with Crippen LogP contribution in [0.1, 0.15) is 47.5 Å². The molecule has 1 unspecified atom stereocenters. The average Bonchev–Trinajstić information content (AvgIpc) is 2.17. The molecule has 0 amide bonds. The maximum Gasteiger partial charge on any atom is 0.0217 e. The molecule has 1 heterocycles. The van der Waals surface area contributed by atoms with Crippen molar-refractivity contribution in [2.45, 2.75) is 53.5 Å². The molecule has 2 N–H and O–H groups in total. The monoisotopic (exact) mass is 226 g/mol. The largest absolute Gasteiger partial charge is 0.326 e. The Hall–Kier alpha value is -0.0800. The first kappa shape index (κ1) is 14.0. The molecule has 1 fully saturated rings. The Labute approximate surface area is 102 Å². The lowest BCUT2D eigenvalue weighted by molar-refractivity contribution is 0.130. The standard InChI is InChI=1S/C14H30N2/c1-11(2)12-6-8-16(9-7-12)10-13(15)14(3,4)5/h11-13H,6-10,15H2,1-5H3. The Morgan fingerprint density at radius 2 is 1.69 bits per heavy atom. The van der Waals surface area contributed by atoms with Gasteiger partial charge in [0.1, 0.15) is 0 Å². The summed E-state index contributed by atoms with van der Waals surface area (Å²) in [5.74, 6) is 1.78. The third-order valence-electron chi connectivity index (χ3n) is 4.14. The molecule has 0 spiro atoms. The van der Waals surface area contributed by atoms with Crippen molar-refractivity contribution in [3.05, 3.63) is 0 Å². The maximum absolute atomic E-state index is 6.23. The summed E-state index contributed by atoms with van der Waals surface area (Å²) in [4.78, 5) is 2.55. The van der Waals surface area contributed by atoms with Crippen LogP contribution < -0.4 is 5.73 Å². The highest BCUT2D eigenvalue weighted by molar-refractivity contribution is 4.83. The summed E-state index contributed by atoms with van der Waals surface area (Å²) in [6.07, 6.45) is 2.71. The molecular weight excluding hydrogens is 196 g/mol. The number of piperidine rings is 1. The molecule has 0 saturated carbocycles. The number of likely N-dealkylation sites (tertiary alicyclic amines) is 1. The smallest absolute Gasteiger partial charge is 0.0217 e. The zero-order valence-electron chi connectivity index (χ0n) is 11.8. The lowest BCUT2D eigenvalue weighted by Gasteiger charge is -2.38. The highest BCUT2D eigenvalue weighted by Crippen LogP contribution is 2.25. The summed E-state index contributed by atoms with van der Waals surface area (Å²) in [6.45, 7) is 15.0. The van der Waals surface area contributed by atoms with Gasteiger partial charge in [-0.05, 0) is 43.2 Å². The van der Waals surface area contributed by atoms with Gasteiger partial charge in [0.15, 0.2) is 0 Å². The summed E-state index contributed by atoms with van der Waals surface area (Å²) in [6, 6.07) is 0.295. The molecule has 0 aliphatic carbocycles. The van der Waals surface area contributed by atoms with Crippen LogP contribution in [0, 0.1) is 17.3 Å². The van der Waals surface area contributed by atoms with Crippen LogP contribution in [0.3, 0.4) is 0 Å². The van der Waals surface area contributed by atoms with Gasteiger partial charge in [-0.1, -0.05) is 34.6 Å². The van der Waals surface area contributed by atoms with Gasteiger partial charge in [-0.3, -0.25) is 0 Å². The number of nitrogens with zero attached hydrogens (tertiary/aromatic N) is 1. The molecule has 0 aromatic heterocycles. The van der Waals surface area contributed by atoms with Gasteiger partial charge in [-0.2, -0.15) is 0 Å². The van der Waals surface area contributed by atoms with Crippen molar-refractivity contribution in [3.8, 4) is 0 Å². The third-order valence-corrected chi connectivity index (χ3v) is 4.14. The minimum atomic E-state index is 0.231. The summed E-state index contributed by atoms with van der Waals surface area (Å²) in [5, 5.41) is 0. The minimum absolute atomic E-state index is 0.231. The fraction of sp³-hybridized carbons (Fsp3) is 1.00. The fourth-order valence-electron chi connectivity index (χ4n) is 2.35. The zero-order chi connectivity index (χ0) is 12.3. The number of hydrogen-bond donors (Lipinski definition) is 1. The lowest BCUT2D eigenvalue weighted by Crippen LogP contribution is -2.47. The van der Waals surface area contributed by atoms with Crippen molar-refractivity contribution >= 4 is 0 Å². The molecule has 0 radical (unpaired) electrons. The van der Waals surface area contributed by atoms with E-state index >= 15 is 0 Å². The predicted molar refractivity (Wildman–Crippen MR) is 71.4 cm³/mol. The molecule has 0 bridgehead atoms. The van der Waals surface area contributed by atoms with Crippen molar-refractivity contribution in [1.82, 2.24) is 4.90 Å².